The van der Waals surface area contributed by atoms with Crippen LogP contribution in [-0.2, 0) is 11.2 Å². The van der Waals surface area contributed by atoms with Crippen LogP contribution in [0.4, 0.5) is 5.69 Å². The normalized spacial score (nSPS) is 11.5. The van der Waals surface area contributed by atoms with E-state index in [1.54, 1.807) is 0 Å². The number of aryl methyl sites for hydroxylation is 2. The van der Waals surface area contributed by atoms with Crippen molar-refractivity contribution < 1.29 is 9.90 Å². The van der Waals surface area contributed by atoms with E-state index in [2.05, 4.69) is 25.1 Å². The molecule has 3 heteroatoms. The molecule has 0 aliphatic rings. The van der Waals surface area contributed by atoms with Crippen molar-refractivity contribution in [3.63, 3.8) is 0 Å². The fourth-order valence-corrected chi connectivity index (χ4v) is 1.95. The zero-order valence-electron chi connectivity index (χ0n) is 10.4. The van der Waals surface area contributed by atoms with Gasteiger partial charge in [-0.25, -0.2) is 4.79 Å². The van der Waals surface area contributed by atoms with E-state index in [0.717, 1.165) is 17.7 Å². The predicted molar refractivity (Wildman–Crippen MR) is 66.7 cm³/mol. The number of benzene rings is 1. The summed E-state index contributed by atoms with van der Waals surface area (Å²) >= 11 is 0. The lowest BCUT2D eigenvalue weighted by Gasteiger charge is -2.29. The summed E-state index contributed by atoms with van der Waals surface area (Å²) < 4.78 is 0.384. The van der Waals surface area contributed by atoms with Crippen LogP contribution in [0.3, 0.4) is 0 Å². The molecular weight excluding hydrogens is 202 g/mol. The monoisotopic (exact) mass is 222 g/mol. The van der Waals surface area contributed by atoms with Gasteiger partial charge in [0.25, 0.3) is 0 Å². The maximum absolute atomic E-state index is 10.8. The Labute approximate surface area is 96.9 Å². The van der Waals surface area contributed by atoms with Crippen molar-refractivity contribution >= 4 is 11.7 Å². The number of carbonyl (C=O) groups is 1. The minimum Gasteiger partial charge on any atom is -0.477 e. The first-order chi connectivity index (χ1) is 7.36. The maximum atomic E-state index is 10.8. The Morgan fingerprint density at radius 3 is 2.50 bits per heavy atom. The fraction of sp³-hybridized carbons (Fsp3) is 0.462. The highest BCUT2D eigenvalue weighted by atomic mass is 16.4. The first-order valence-electron chi connectivity index (χ1n) is 5.51. The second-order valence-electron chi connectivity index (χ2n) is 4.71. The number of likely N-dealkylation sites (N-methyl/N-ethyl adjacent to an activating group) is 1. The summed E-state index contributed by atoms with van der Waals surface area (Å²) in [5, 5.41) is 8.91. The second-order valence-corrected chi connectivity index (χ2v) is 4.71. The summed E-state index contributed by atoms with van der Waals surface area (Å²) in [5.74, 6) is -0.772. The van der Waals surface area contributed by atoms with E-state index in [1.807, 2.05) is 21.0 Å². The second kappa shape index (κ2) is 4.66. The molecule has 88 valence electrons. The van der Waals surface area contributed by atoms with Crippen molar-refractivity contribution in [1.82, 2.24) is 4.48 Å². The number of quaternary nitrogens is 1. The Bertz CT molecular complexity index is 397. The van der Waals surface area contributed by atoms with Gasteiger partial charge in [-0.2, -0.15) is 0 Å². The van der Waals surface area contributed by atoms with Crippen LogP contribution in [-0.4, -0.2) is 31.7 Å². The molecule has 0 spiro atoms. The van der Waals surface area contributed by atoms with Gasteiger partial charge in [-0.15, -0.1) is 0 Å². The topological polar surface area (TPSA) is 37.3 Å². The van der Waals surface area contributed by atoms with Crippen molar-refractivity contribution in [1.29, 1.82) is 0 Å². The molecule has 0 bridgehead atoms. The van der Waals surface area contributed by atoms with Gasteiger partial charge < -0.3 is 5.11 Å². The summed E-state index contributed by atoms with van der Waals surface area (Å²) in [6.07, 6.45) is 0.973. The van der Waals surface area contributed by atoms with Gasteiger partial charge in [-0.05, 0) is 18.9 Å². The van der Waals surface area contributed by atoms with E-state index < -0.39 is 5.97 Å². The van der Waals surface area contributed by atoms with Crippen molar-refractivity contribution in [2.45, 2.75) is 20.3 Å². The summed E-state index contributed by atoms with van der Waals surface area (Å²) in [6.45, 7) is 4.23. The summed E-state index contributed by atoms with van der Waals surface area (Å²) in [4.78, 5) is 10.8. The van der Waals surface area contributed by atoms with Crippen LogP contribution in [0.5, 0.6) is 0 Å². The molecule has 0 heterocycles. The van der Waals surface area contributed by atoms with Crippen LogP contribution in [0, 0.1) is 6.92 Å². The van der Waals surface area contributed by atoms with Crippen molar-refractivity contribution in [3.05, 3.63) is 29.3 Å². The van der Waals surface area contributed by atoms with E-state index >= 15 is 0 Å². The molecule has 1 aromatic rings. The highest BCUT2D eigenvalue weighted by Gasteiger charge is 2.24. The molecule has 0 fully saturated rings. The van der Waals surface area contributed by atoms with Crippen LogP contribution in [0.1, 0.15) is 18.1 Å². The molecule has 0 radical (unpaired) electrons. The van der Waals surface area contributed by atoms with Gasteiger partial charge in [0.1, 0.15) is 5.69 Å². The number of hydrogen-bond acceptors (Lipinski definition) is 1. The Morgan fingerprint density at radius 2 is 2.00 bits per heavy atom. The largest absolute Gasteiger partial charge is 0.477 e. The van der Waals surface area contributed by atoms with E-state index in [0.29, 0.717) is 4.48 Å². The third kappa shape index (κ3) is 2.83. The van der Waals surface area contributed by atoms with E-state index in [1.165, 1.54) is 5.56 Å². The molecule has 0 aromatic heterocycles. The van der Waals surface area contributed by atoms with Gasteiger partial charge in [-0.1, -0.05) is 19.1 Å². The molecule has 0 saturated carbocycles. The Balaban J connectivity index is 3.14. The van der Waals surface area contributed by atoms with Crippen LogP contribution < -0.4 is 4.48 Å². The Hall–Kier alpha value is -1.35. The molecule has 0 aliphatic heterocycles. The average molecular weight is 222 g/mol. The van der Waals surface area contributed by atoms with Crippen LogP contribution in [0.15, 0.2) is 18.2 Å². The Kier molecular flexibility index (Phi) is 3.70. The van der Waals surface area contributed by atoms with Gasteiger partial charge in [-0.3, -0.25) is 4.48 Å². The highest BCUT2D eigenvalue weighted by Crippen LogP contribution is 2.25. The lowest BCUT2D eigenvalue weighted by molar-refractivity contribution is -0.137. The quantitative estimate of drug-likeness (QED) is 0.793. The van der Waals surface area contributed by atoms with Crippen molar-refractivity contribution in [2.75, 3.05) is 20.6 Å². The average Bonchev–Trinajstić information content (AvgIpc) is 2.16. The molecule has 0 saturated heterocycles. The van der Waals surface area contributed by atoms with E-state index in [-0.39, 0.29) is 6.54 Å². The number of hydrogen-bond donors (Lipinski definition) is 1. The molecule has 0 aliphatic carbocycles. The minimum absolute atomic E-state index is 0.105. The third-order valence-electron chi connectivity index (χ3n) is 2.86. The van der Waals surface area contributed by atoms with Gasteiger partial charge in [0.05, 0.1) is 14.1 Å². The van der Waals surface area contributed by atoms with Crippen LogP contribution in [0.25, 0.3) is 0 Å². The third-order valence-corrected chi connectivity index (χ3v) is 2.86. The molecule has 16 heavy (non-hydrogen) atoms. The number of rotatable bonds is 4. The number of carboxylic acids is 1. The lowest BCUT2D eigenvalue weighted by Crippen LogP contribution is -2.45. The number of aliphatic carboxylic acids is 1. The van der Waals surface area contributed by atoms with E-state index in [9.17, 15) is 4.79 Å². The zero-order chi connectivity index (χ0) is 12.3. The first-order valence-corrected chi connectivity index (χ1v) is 5.51. The summed E-state index contributed by atoms with van der Waals surface area (Å²) in [6, 6.07) is 6.27. The van der Waals surface area contributed by atoms with Crippen molar-refractivity contribution in [3.8, 4) is 0 Å². The molecule has 0 amide bonds. The summed E-state index contributed by atoms with van der Waals surface area (Å²) in [5.41, 5.74) is 3.47. The van der Waals surface area contributed by atoms with E-state index in [4.69, 9.17) is 5.11 Å². The molecule has 0 atom stereocenters. The highest BCUT2D eigenvalue weighted by molar-refractivity contribution is 5.72. The maximum Gasteiger partial charge on any atom is 0.359 e. The summed E-state index contributed by atoms with van der Waals surface area (Å²) in [7, 11) is 3.85. The molecule has 0 unspecified atom stereocenters. The molecule has 1 aromatic carbocycles. The minimum atomic E-state index is -0.772. The zero-order valence-corrected chi connectivity index (χ0v) is 10.4. The standard InChI is InChI=1S/C13H19NO2/c1-5-11-7-6-10(2)12(8-11)14(3,4)9-13(15)16/h6-8H,5,9H2,1-4H3/p+1. The van der Waals surface area contributed by atoms with Crippen molar-refractivity contribution in [2.24, 2.45) is 0 Å². The van der Waals surface area contributed by atoms with Crippen LogP contribution in [0.2, 0.25) is 0 Å². The molecule has 1 rings (SSSR count). The molecule has 1 N–H and O–H groups in total. The van der Waals surface area contributed by atoms with Gasteiger partial charge in [0, 0.05) is 11.6 Å². The number of nitrogens with zero attached hydrogens (tertiary/aromatic N) is 1. The predicted octanol–water partition coefficient (Wildman–Crippen LogP) is 2.21. The Morgan fingerprint density at radius 1 is 1.38 bits per heavy atom. The number of carboxylic acid groups (broad SMARTS) is 1. The van der Waals surface area contributed by atoms with Gasteiger partial charge in [0.2, 0.25) is 0 Å². The van der Waals surface area contributed by atoms with Gasteiger partial charge >= 0.3 is 5.97 Å². The lowest BCUT2D eigenvalue weighted by atomic mass is 10.1. The molecular formula is C13H20NO2+. The van der Waals surface area contributed by atoms with Crippen LogP contribution >= 0.6 is 0 Å². The van der Waals surface area contributed by atoms with Gasteiger partial charge in [0.15, 0.2) is 6.54 Å². The smallest absolute Gasteiger partial charge is 0.359 e. The fourth-order valence-electron chi connectivity index (χ4n) is 1.95. The first kappa shape index (κ1) is 12.7. The SMILES string of the molecule is CCc1ccc(C)c([N+](C)(C)CC(=O)O)c1. The molecule has 3 nitrogen and oxygen atoms in total.